The highest BCUT2D eigenvalue weighted by Crippen LogP contribution is 2.23. The zero-order chi connectivity index (χ0) is 13.0. The lowest BCUT2D eigenvalue weighted by Crippen LogP contribution is -2.10. The van der Waals surface area contributed by atoms with Crippen molar-refractivity contribution >= 4 is 5.69 Å². The Morgan fingerprint density at radius 3 is 2.11 bits per heavy atom. The summed E-state index contributed by atoms with van der Waals surface area (Å²) >= 11 is 0. The van der Waals surface area contributed by atoms with E-state index in [0.29, 0.717) is 0 Å². The molecule has 0 fully saturated rings. The van der Waals surface area contributed by atoms with E-state index in [1.807, 2.05) is 24.5 Å². The van der Waals surface area contributed by atoms with Gasteiger partial charge in [0.05, 0.1) is 0 Å². The van der Waals surface area contributed by atoms with Crippen LogP contribution < -0.4 is 5.32 Å². The van der Waals surface area contributed by atoms with E-state index in [2.05, 4.69) is 55.3 Å². The monoisotopic (exact) mass is 240 g/mol. The highest BCUT2D eigenvalue weighted by atomic mass is 14.9. The molecule has 0 spiro atoms. The molecular weight excluding hydrogens is 220 g/mol. The first-order valence-corrected chi connectivity index (χ1v) is 6.29. The molecule has 0 saturated carbocycles. The summed E-state index contributed by atoms with van der Waals surface area (Å²) in [6, 6.07) is 12.7. The summed E-state index contributed by atoms with van der Waals surface area (Å²) in [5.41, 5.74) is 3.96. The van der Waals surface area contributed by atoms with Gasteiger partial charge in [-0.3, -0.25) is 4.98 Å². The van der Waals surface area contributed by atoms with Crippen LogP contribution in [0.3, 0.4) is 0 Å². The van der Waals surface area contributed by atoms with E-state index in [1.165, 1.54) is 11.1 Å². The summed E-state index contributed by atoms with van der Waals surface area (Å²) in [6.07, 6.45) is 3.64. The molecule has 94 valence electrons. The standard InChI is InChI=1S/C16H20N2/c1-16(2,3)14-4-6-15(7-5-14)18-12-13-8-10-17-11-9-13/h4-11,18H,12H2,1-3H3. The van der Waals surface area contributed by atoms with Crippen LogP contribution in [0, 0.1) is 0 Å². The van der Waals surface area contributed by atoms with Crippen LogP contribution >= 0.6 is 0 Å². The lowest BCUT2D eigenvalue weighted by Gasteiger charge is -2.19. The first kappa shape index (κ1) is 12.6. The number of pyridine rings is 1. The van der Waals surface area contributed by atoms with E-state index in [4.69, 9.17) is 0 Å². The third kappa shape index (κ3) is 3.33. The number of rotatable bonds is 3. The molecule has 0 radical (unpaired) electrons. The predicted molar refractivity (Wildman–Crippen MR) is 76.7 cm³/mol. The summed E-state index contributed by atoms with van der Waals surface area (Å²) in [6.45, 7) is 7.52. The second kappa shape index (κ2) is 5.21. The van der Waals surface area contributed by atoms with Crippen LogP contribution in [-0.2, 0) is 12.0 Å². The average molecular weight is 240 g/mol. The van der Waals surface area contributed by atoms with Gasteiger partial charge in [-0.05, 0) is 40.8 Å². The molecule has 0 saturated heterocycles. The summed E-state index contributed by atoms with van der Waals surface area (Å²) in [5.74, 6) is 0. The Bertz CT molecular complexity index is 481. The number of hydrogen-bond acceptors (Lipinski definition) is 2. The Balaban J connectivity index is 1.99. The van der Waals surface area contributed by atoms with Gasteiger partial charge in [0.2, 0.25) is 0 Å². The number of nitrogens with one attached hydrogen (secondary N) is 1. The van der Waals surface area contributed by atoms with Crippen LogP contribution in [0.2, 0.25) is 0 Å². The third-order valence-corrected chi connectivity index (χ3v) is 3.00. The molecule has 1 N–H and O–H groups in total. The molecule has 1 heterocycles. The van der Waals surface area contributed by atoms with Crippen molar-refractivity contribution in [1.82, 2.24) is 4.98 Å². The zero-order valence-corrected chi connectivity index (χ0v) is 11.3. The molecule has 0 unspecified atom stereocenters. The lowest BCUT2D eigenvalue weighted by atomic mass is 9.87. The molecule has 2 rings (SSSR count). The van der Waals surface area contributed by atoms with Crippen LogP contribution in [0.15, 0.2) is 48.8 Å². The molecule has 18 heavy (non-hydrogen) atoms. The molecule has 0 aliphatic carbocycles. The molecule has 2 nitrogen and oxygen atoms in total. The van der Waals surface area contributed by atoms with Gasteiger partial charge in [0.25, 0.3) is 0 Å². The fourth-order valence-electron chi connectivity index (χ4n) is 1.79. The van der Waals surface area contributed by atoms with E-state index < -0.39 is 0 Å². The second-order valence-electron chi connectivity index (χ2n) is 5.54. The van der Waals surface area contributed by atoms with E-state index in [9.17, 15) is 0 Å². The number of anilines is 1. The van der Waals surface area contributed by atoms with Crippen molar-refractivity contribution in [3.05, 3.63) is 59.9 Å². The Morgan fingerprint density at radius 2 is 1.56 bits per heavy atom. The van der Waals surface area contributed by atoms with Gasteiger partial charge in [-0.25, -0.2) is 0 Å². The summed E-state index contributed by atoms with van der Waals surface area (Å²) in [4.78, 5) is 4.01. The van der Waals surface area contributed by atoms with Crippen molar-refractivity contribution in [2.24, 2.45) is 0 Å². The van der Waals surface area contributed by atoms with Crippen molar-refractivity contribution in [2.75, 3.05) is 5.32 Å². The van der Waals surface area contributed by atoms with Gasteiger partial charge >= 0.3 is 0 Å². The van der Waals surface area contributed by atoms with Crippen LogP contribution in [0.4, 0.5) is 5.69 Å². The summed E-state index contributed by atoms with van der Waals surface area (Å²) in [7, 11) is 0. The minimum absolute atomic E-state index is 0.212. The van der Waals surface area contributed by atoms with Crippen LogP contribution in [0.1, 0.15) is 31.9 Å². The van der Waals surface area contributed by atoms with Crippen LogP contribution in [0.25, 0.3) is 0 Å². The molecule has 0 bridgehead atoms. The van der Waals surface area contributed by atoms with E-state index >= 15 is 0 Å². The van der Waals surface area contributed by atoms with Gasteiger partial charge in [-0.1, -0.05) is 32.9 Å². The first-order chi connectivity index (χ1) is 8.55. The molecule has 0 aliphatic heterocycles. The molecule has 0 amide bonds. The van der Waals surface area contributed by atoms with Gasteiger partial charge in [-0.15, -0.1) is 0 Å². The van der Waals surface area contributed by atoms with Crippen LogP contribution in [0.5, 0.6) is 0 Å². The Labute approximate surface area is 109 Å². The van der Waals surface area contributed by atoms with Crippen molar-refractivity contribution in [3.63, 3.8) is 0 Å². The SMILES string of the molecule is CC(C)(C)c1ccc(NCc2ccncc2)cc1. The maximum atomic E-state index is 4.01. The molecular formula is C16H20N2. The Kier molecular flexibility index (Phi) is 3.66. The topological polar surface area (TPSA) is 24.9 Å². The lowest BCUT2D eigenvalue weighted by molar-refractivity contribution is 0.590. The maximum Gasteiger partial charge on any atom is 0.0401 e. The number of aromatic nitrogens is 1. The fraction of sp³-hybridized carbons (Fsp3) is 0.312. The van der Waals surface area contributed by atoms with Gasteiger partial charge < -0.3 is 5.32 Å². The van der Waals surface area contributed by atoms with E-state index in [-0.39, 0.29) is 5.41 Å². The highest BCUT2D eigenvalue weighted by molar-refractivity contribution is 5.46. The first-order valence-electron chi connectivity index (χ1n) is 6.29. The largest absolute Gasteiger partial charge is 0.381 e. The smallest absolute Gasteiger partial charge is 0.0401 e. The Morgan fingerprint density at radius 1 is 0.944 bits per heavy atom. The molecule has 0 atom stereocenters. The molecule has 0 aliphatic rings. The molecule has 2 aromatic rings. The third-order valence-electron chi connectivity index (χ3n) is 3.00. The van der Waals surface area contributed by atoms with Gasteiger partial charge in [0, 0.05) is 24.6 Å². The minimum atomic E-state index is 0.212. The number of benzene rings is 1. The van der Waals surface area contributed by atoms with Crippen LogP contribution in [-0.4, -0.2) is 4.98 Å². The highest BCUT2D eigenvalue weighted by Gasteiger charge is 2.12. The zero-order valence-electron chi connectivity index (χ0n) is 11.3. The molecule has 1 aromatic heterocycles. The van der Waals surface area contributed by atoms with Crippen molar-refractivity contribution in [3.8, 4) is 0 Å². The predicted octanol–water partition coefficient (Wildman–Crippen LogP) is 3.99. The maximum absolute atomic E-state index is 4.01. The number of nitrogens with zero attached hydrogens (tertiary/aromatic N) is 1. The summed E-state index contributed by atoms with van der Waals surface area (Å²) in [5, 5.41) is 3.41. The van der Waals surface area contributed by atoms with Crippen molar-refractivity contribution in [1.29, 1.82) is 0 Å². The van der Waals surface area contributed by atoms with Gasteiger partial charge in [0.15, 0.2) is 0 Å². The average Bonchev–Trinajstić information content (AvgIpc) is 2.37. The van der Waals surface area contributed by atoms with Crippen molar-refractivity contribution < 1.29 is 0 Å². The Hall–Kier alpha value is -1.83. The van der Waals surface area contributed by atoms with Crippen molar-refractivity contribution in [2.45, 2.75) is 32.7 Å². The van der Waals surface area contributed by atoms with Gasteiger partial charge in [0.1, 0.15) is 0 Å². The van der Waals surface area contributed by atoms with Gasteiger partial charge in [-0.2, -0.15) is 0 Å². The van der Waals surface area contributed by atoms with E-state index in [0.717, 1.165) is 12.2 Å². The minimum Gasteiger partial charge on any atom is -0.381 e. The second-order valence-corrected chi connectivity index (χ2v) is 5.54. The fourth-order valence-corrected chi connectivity index (χ4v) is 1.79. The molecule has 1 aromatic carbocycles. The molecule has 2 heteroatoms. The van der Waals surface area contributed by atoms with E-state index in [1.54, 1.807) is 0 Å². The normalized spacial score (nSPS) is 11.3. The summed E-state index contributed by atoms with van der Waals surface area (Å²) < 4.78 is 0. The quantitative estimate of drug-likeness (QED) is 0.877. The number of hydrogen-bond donors (Lipinski definition) is 1.